The molecule has 1 aromatic carbocycles. The summed E-state index contributed by atoms with van der Waals surface area (Å²) in [6.45, 7) is 4.42. The molecule has 0 aliphatic heterocycles. The van der Waals surface area contributed by atoms with Crippen LogP contribution in [0.4, 0.5) is 18.9 Å². The van der Waals surface area contributed by atoms with Crippen molar-refractivity contribution in [2.45, 2.75) is 49.6 Å². The molecule has 1 aliphatic carbocycles. The number of hydrogen-bond donors (Lipinski definition) is 1. The third kappa shape index (κ3) is 4.62. The highest BCUT2D eigenvalue weighted by Gasteiger charge is 2.31. The molecular formula is C15H20F3NS. The van der Waals surface area contributed by atoms with Crippen molar-refractivity contribution in [1.82, 2.24) is 0 Å². The van der Waals surface area contributed by atoms with Crippen molar-refractivity contribution in [2.75, 3.05) is 5.32 Å². The van der Waals surface area contributed by atoms with E-state index in [9.17, 15) is 13.2 Å². The zero-order valence-corrected chi connectivity index (χ0v) is 12.5. The van der Waals surface area contributed by atoms with Crippen LogP contribution in [0.15, 0.2) is 29.2 Å². The molecule has 1 fully saturated rings. The van der Waals surface area contributed by atoms with Gasteiger partial charge in [0, 0.05) is 16.6 Å². The van der Waals surface area contributed by atoms with E-state index in [1.807, 2.05) is 0 Å². The van der Waals surface area contributed by atoms with Crippen molar-refractivity contribution in [3.8, 4) is 0 Å². The lowest BCUT2D eigenvalue weighted by Gasteiger charge is -2.33. The quantitative estimate of drug-likeness (QED) is 0.736. The molecule has 0 radical (unpaired) electrons. The molecule has 1 N–H and O–H groups in total. The zero-order valence-electron chi connectivity index (χ0n) is 11.7. The zero-order chi connectivity index (χ0) is 14.8. The molecule has 0 heterocycles. The smallest absolute Gasteiger partial charge is 0.381 e. The van der Waals surface area contributed by atoms with E-state index in [2.05, 4.69) is 19.2 Å². The van der Waals surface area contributed by atoms with Gasteiger partial charge in [-0.25, -0.2) is 0 Å². The summed E-state index contributed by atoms with van der Waals surface area (Å²) >= 11 is -0.0450. The van der Waals surface area contributed by atoms with Crippen LogP contribution in [0.5, 0.6) is 0 Å². The Labute approximate surface area is 122 Å². The van der Waals surface area contributed by atoms with Gasteiger partial charge >= 0.3 is 5.51 Å². The standard InChI is InChI=1S/C15H20F3NS/c1-10-7-11(2)9-12(8-10)19-13-5-3-4-6-14(13)20-15(16,17)18/h3-6,10-12,19H,7-9H2,1-2H3. The number of rotatable bonds is 3. The van der Waals surface area contributed by atoms with Crippen LogP contribution in [-0.4, -0.2) is 11.6 Å². The Hall–Kier alpha value is -0.840. The maximum absolute atomic E-state index is 12.6. The summed E-state index contributed by atoms with van der Waals surface area (Å²) in [5.74, 6) is 1.25. The van der Waals surface area contributed by atoms with Crippen molar-refractivity contribution < 1.29 is 13.2 Å². The van der Waals surface area contributed by atoms with Crippen LogP contribution < -0.4 is 5.32 Å². The molecule has 1 aromatic rings. The number of benzene rings is 1. The Morgan fingerprint density at radius 3 is 2.25 bits per heavy atom. The van der Waals surface area contributed by atoms with E-state index in [0.29, 0.717) is 17.5 Å². The highest BCUT2D eigenvalue weighted by atomic mass is 32.2. The van der Waals surface area contributed by atoms with Gasteiger partial charge in [0.25, 0.3) is 0 Å². The molecule has 20 heavy (non-hydrogen) atoms. The molecule has 5 heteroatoms. The summed E-state index contributed by atoms with van der Waals surface area (Å²) in [4.78, 5) is 0.255. The van der Waals surface area contributed by atoms with E-state index in [0.717, 1.165) is 12.8 Å². The molecule has 1 nitrogen and oxygen atoms in total. The molecule has 1 saturated carbocycles. The summed E-state index contributed by atoms with van der Waals surface area (Å²) in [5.41, 5.74) is -3.65. The number of hydrogen-bond acceptors (Lipinski definition) is 2. The van der Waals surface area contributed by atoms with Gasteiger partial charge in [0.05, 0.1) is 0 Å². The Bertz CT molecular complexity index is 437. The topological polar surface area (TPSA) is 12.0 Å². The van der Waals surface area contributed by atoms with Crippen LogP contribution in [0.2, 0.25) is 0 Å². The monoisotopic (exact) mass is 303 g/mol. The van der Waals surface area contributed by atoms with Gasteiger partial charge in [0.2, 0.25) is 0 Å². The second-order valence-electron chi connectivity index (χ2n) is 5.80. The fourth-order valence-corrected chi connectivity index (χ4v) is 3.72. The molecule has 0 amide bonds. The summed E-state index contributed by atoms with van der Waals surface area (Å²) in [7, 11) is 0. The first-order valence-corrected chi connectivity index (χ1v) is 7.76. The predicted molar refractivity (Wildman–Crippen MR) is 77.9 cm³/mol. The van der Waals surface area contributed by atoms with E-state index < -0.39 is 5.51 Å². The molecule has 1 aliphatic rings. The van der Waals surface area contributed by atoms with Crippen LogP contribution in [0.3, 0.4) is 0 Å². The molecule has 2 unspecified atom stereocenters. The molecule has 0 bridgehead atoms. The summed E-state index contributed by atoms with van der Waals surface area (Å²) < 4.78 is 37.7. The predicted octanol–water partition coefficient (Wildman–Crippen LogP) is 5.54. The average Bonchev–Trinajstić information content (AvgIpc) is 2.28. The van der Waals surface area contributed by atoms with Gasteiger partial charge in [0.15, 0.2) is 0 Å². The van der Waals surface area contributed by atoms with Crippen molar-refractivity contribution in [3.63, 3.8) is 0 Å². The van der Waals surface area contributed by atoms with Crippen LogP contribution in [0.1, 0.15) is 33.1 Å². The van der Waals surface area contributed by atoms with E-state index in [-0.39, 0.29) is 22.7 Å². The van der Waals surface area contributed by atoms with Crippen LogP contribution >= 0.6 is 11.8 Å². The van der Waals surface area contributed by atoms with E-state index in [1.54, 1.807) is 18.2 Å². The van der Waals surface area contributed by atoms with Gasteiger partial charge in [-0.1, -0.05) is 26.0 Å². The van der Waals surface area contributed by atoms with E-state index >= 15 is 0 Å². The van der Waals surface area contributed by atoms with Crippen molar-refractivity contribution >= 4 is 17.4 Å². The molecule has 2 rings (SSSR count). The number of halogens is 3. The molecule has 2 atom stereocenters. The fraction of sp³-hybridized carbons (Fsp3) is 0.600. The first kappa shape index (κ1) is 15.5. The van der Waals surface area contributed by atoms with Crippen LogP contribution in [0, 0.1) is 11.8 Å². The highest BCUT2D eigenvalue weighted by molar-refractivity contribution is 8.00. The Morgan fingerprint density at radius 1 is 1.05 bits per heavy atom. The van der Waals surface area contributed by atoms with Crippen LogP contribution in [-0.2, 0) is 0 Å². The Kier molecular flexibility index (Phi) is 4.89. The number of anilines is 1. The first-order valence-electron chi connectivity index (χ1n) is 6.95. The second kappa shape index (κ2) is 6.29. The highest BCUT2D eigenvalue weighted by Crippen LogP contribution is 2.41. The minimum Gasteiger partial charge on any atom is -0.381 e. The van der Waals surface area contributed by atoms with Gasteiger partial charge in [0.1, 0.15) is 0 Å². The van der Waals surface area contributed by atoms with Crippen molar-refractivity contribution in [3.05, 3.63) is 24.3 Å². The first-order chi connectivity index (χ1) is 9.33. The average molecular weight is 303 g/mol. The van der Waals surface area contributed by atoms with Crippen LogP contribution in [0.25, 0.3) is 0 Å². The lowest BCUT2D eigenvalue weighted by Crippen LogP contribution is -2.30. The van der Waals surface area contributed by atoms with Gasteiger partial charge < -0.3 is 5.32 Å². The van der Waals surface area contributed by atoms with Crippen molar-refractivity contribution in [1.29, 1.82) is 0 Å². The minimum atomic E-state index is -4.25. The molecule has 0 saturated heterocycles. The number of nitrogens with one attached hydrogen (secondary N) is 1. The number of para-hydroxylation sites is 1. The van der Waals surface area contributed by atoms with E-state index in [4.69, 9.17) is 0 Å². The van der Waals surface area contributed by atoms with Gasteiger partial charge in [-0.15, -0.1) is 0 Å². The summed E-state index contributed by atoms with van der Waals surface area (Å²) in [6, 6.07) is 6.95. The van der Waals surface area contributed by atoms with Gasteiger partial charge in [-0.3, -0.25) is 0 Å². The fourth-order valence-electron chi connectivity index (χ4n) is 3.08. The largest absolute Gasteiger partial charge is 0.446 e. The summed E-state index contributed by atoms with van der Waals surface area (Å²) in [5, 5.41) is 3.31. The molecular weight excluding hydrogens is 283 g/mol. The lowest BCUT2D eigenvalue weighted by molar-refractivity contribution is -0.0328. The maximum atomic E-state index is 12.6. The SMILES string of the molecule is CC1CC(C)CC(Nc2ccccc2SC(F)(F)F)C1. The van der Waals surface area contributed by atoms with Gasteiger partial charge in [-0.05, 0) is 55.0 Å². The molecule has 112 valence electrons. The third-order valence-corrected chi connectivity index (χ3v) is 4.46. The third-order valence-electron chi connectivity index (χ3n) is 3.65. The van der Waals surface area contributed by atoms with E-state index in [1.165, 1.54) is 12.5 Å². The molecule has 0 spiro atoms. The Balaban J connectivity index is 2.09. The minimum absolute atomic E-state index is 0.0450. The molecule has 0 aromatic heterocycles. The number of alkyl halides is 3. The normalized spacial score (nSPS) is 27.4. The lowest BCUT2D eigenvalue weighted by atomic mass is 9.80. The maximum Gasteiger partial charge on any atom is 0.446 e. The van der Waals surface area contributed by atoms with Crippen molar-refractivity contribution in [2.24, 2.45) is 11.8 Å². The Morgan fingerprint density at radius 2 is 1.65 bits per heavy atom. The summed E-state index contributed by atoms with van der Waals surface area (Å²) in [6.07, 6.45) is 3.25. The number of thioether (sulfide) groups is 1. The second-order valence-corrected chi connectivity index (χ2v) is 6.91. The van der Waals surface area contributed by atoms with Gasteiger partial charge in [-0.2, -0.15) is 13.2 Å².